The Bertz CT molecular complexity index is 208. The van der Waals surface area contributed by atoms with E-state index in [-0.39, 0.29) is 0 Å². The Hall–Kier alpha value is 0. The lowest BCUT2D eigenvalue weighted by molar-refractivity contribution is 0.161. The Kier molecular flexibility index (Phi) is 3.14. The maximum Gasteiger partial charge on any atom is -0.0323 e. The summed E-state index contributed by atoms with van der Waals surface area (Å²) in [7, 11) is 0. The van der Waals surface area contributed by atoms with E-state index in [1.54, 1.807) is 0 Å². The molecule has 0 aromatic heterocycles. The quantitative estimate of drug-likeness (QED) is 0.587. The molecule has 0 nitrogen and oxygen atoms in total. The van der Waals surface area contributed by atoms with E-state index in [0.29, 0.717) is 10.8 Å². The molecule has 2 aliphatic carbocycles. The molecular formula is C15H28. The van der Waals surface area contributed by atoms with Crippen molar-refractivity contribution in [1.29, 1.82) is 0 Å². The van der Waals surface area contributed by atoms with Gasteiger partial charge in [0, 0.05) is 0 Å². The van der Waals surface area contributed by atoms with Crippen LogP contribution in [0, 0.1) is 16.7 Å². The third-order valence-corrected chi connectivity index (χ3v) is 4.91. The van der Waals surface area contributed by atoms with Gasteiger partial charge in [0.15, 0.2) is 0 Å². The van der Waals surface area contributed by atoms with Crippen LogP contribution >= 0.6 is 0 Å². The summed E-state index contributed by atoms with van der Waals surface area (Å²) >= 11 is 0. The maximum absolute atomic E-state index is 2.55. The highest BCUT2D eigenvalue weighted by Gasteiger charge is 2.36. The highest BCUT2D eigenvalue weighted by molar-refractivity contribution is 4.88. The molecule has 2 aliphatic rings. The summed E-state index contributed by atoms with van der Waals surface area (Å²) in [6.07, 6.45) is 13.5. The first-order chi connectivity index (χ1) is 6.99. The minimum Gasteiger partial charge on any atom is -0.0599 e. The minimum absolute atomic E-state index is 0.649. The normalized spacial score (nSPS) is 34.2. The average molecular weight is 208 g/mol. The topological polar surface area (TPSA) is 0 Å². The second kappa shape index (κ2) is 4.11. The zero-order valence-electron chi connectivity index (χ0n) is 10.9. The highest BCUT2D eigenvalue weighted by atomic mass is 14.4. The second-order valence-corrected chi connectivity index (χ2v) is 7.35. The molecule has 88 valence electrons. The van der Waals surface area contributed by atoms with Crippen molar-refractivity contribution in [3.8, 4) is 0 Å². The number of hydrogen-bond acceptors (Lipinski definition) is 0. The Morgan fingerprint density at radius 1 is 0.933 bits per heavy atom. The van der Waals surface area contributed by atoms with Crippen LogP contribution in [0.2, 0.25) is 0 Å². The van der Waals surface area contributed by atoms with Gasteiger partial charge in [-0.25, -0.2) is 0 Å². The monoisotopic (exact) mass is 208 g/mol. The summed E-state index contributed by atoms with van der Waals surface area (Å²) in [6.45, 7) is 7.46. The van der Waals surface area contributed by atoms with Gasteiger partial charge in [-0.2, -0.15) is 0 Å². The third-order valence-electron chi connectivity index (χ3n) is 4.91. The van der Waals surface area contributed by atoms with Gasteiger partial charge in [0.25, 0.3) is 0 Å². The summed E-state index contributed by atoms with van der Waals surface area (Å²) < 4.78 is 0. The zero-order chi connectivity index (χ0) is 10.9. The van der Waals surface area contributed by atoms with Crippen molar-refractivity contribution in [3.05, 3.63) is 0 Å². The Balaban J connectivity index is 1.86. The van der Waals surface area contributed by atoms with Crippen LogP contribution in [-0.4, -0.2) is 0 Å². The Morgan fingerprint density at radius 2 is 1.60 bits per heavy atom. The molecule has 0 spiro atoms. The molecule has 2 rings (SSSR count). The van der Waals surface area contributed by atoms with Crippen molar-refractivity contribution in [3.63, 3.8) is 0 Å². The molecule has 1 unspecified atom stereocenters. The van der Waals surface area contributed by atoms with Gasteiger partial charge in [-0.05, 0) is 55.3 Å². The molecule has 0 amide bonds. The lowest BCUT2D eigenvalue weighted by Gasteiger charge is -2.36. The summed E-state index contributed by atoms with van der Waals surface area (Å²) in [4.78, 5) is 0. The van der Waals surface area contributed by atoms with E-state index < -0.39 is 0 Å². The fraction of sp³-hybridized carbons (Fsp3) is 1.00. The minimum atomic E-state index is 0.649. The number of hydrogen-bond donors (Lipinski definition) is 0. The molecule has 0 aromatic rings. The smallest absolute Gasteiger partial charge is 0.0323 e. The summed E-state index contributed by atoms with van der Waals surface area (Å²) in [5.41, 5.74) is 1.36. The van der Waals surface area contributed by atoms with Gasteiger partial charge in [0.2, 0.25) is 0 Å². The third kappa shape index (κ3) is 2.98. The predicted molar refractivity (Wildman–Crippen MR) is 66.9 cm³/mol. The van der Waals surface area contributed by atoms with Crippen LogP contribution < -0.4 is 0 Å². The van der Waals surface area contributed by atoms with Gasteiger partial charge >= 0.3 is 0 Å². The molecule has 2 saturated carbocycles. The van der Waals surface area contributed by atoms with Gasteiger partial charge in [0.05, 0.1) is 0 Å². The van der Waals surface area contributed by atoms with Crippen LogP contribution in [0.4, 0.5) is 0 Å². The lowest BCUT2D eigenvalue weighted by Crippen LogP contribution is -2.23. The molecule has 1 atom stereocenters. The van der Waals surface area contributed by atoms with Gasteiger partial charge in [-0.3, -0.25) is 0 Å². The van der Waals surface area contributed by atoms with E-state index in [0.717, 1.165) is 5.92 Å². The first-order valence-corrected chi connectivity index (χ1v) is 6.99. The molecule has 0 bridgehead atoms. The van der Waals surface area contributed by atoms with Crippen molar-refractivity contribution < 1.29 is 0 Å². The van der Waals surface area contributed by atoms with Crippen LogP contribution in [0.3, 0.4) is 0 Å². The Morgan fingerprint density at radius 3 is 2.13 bits per heavy atom. The van der Waals surface area contributed by atoms with E-state index >= 15 is 0 Å². The zero-order valence-corrected chi connectivity index (χ0v) is 10.9. The standard InChI is InChI=1S/C15H28/c1-14(2)10-7-13(11-14)12-15(3)8-5-4-6-9-15/h13H,4-12H2,1-3H3. The van der Waals surface area contributed by atoms with Crippen molar-refractivity contribution in [2.75, 3.05) is 0 Å². The molecule has 0 heteroatoms. The fourth-order valence-corrected chi connectivity index (χ4v) is 4.06. The maximum atomic E-state index is 2.55. The van der Waals surface area contributed by atoms with Crippen LogP contribution in [0.25, 0.3) is 0 Å². The molecule has 15 heavy (non-hydrogen) atoms. The molecule has 0 aliphatic heterocycles. The van der Waals surface area contributed by atoms with Crippen molar-refractivity contribution in [2.24, 2.45) is 16.7 Å². The molecule has 0 N–H and O–H groups in total. The van der Waals surface area contributed by atoms with Crippen LogP contribution in [0.1, 0.15) is 78.6 Å². The van der Waals surface area contributed by atoms with Crippen LogP contribution in [0.15, 0.2) is 0 Å². The first-order valence-electron chi connectivity index (χ1n) is 6.99. The molecule has 0 heterocycles. The lowest BCUT2D eigenvalue weighted by atomic mass is 9.70. The summed E-state index contributed by atoms with van der Waals surface area (Å²) in [5, 5.41) is 0. The average Bonchev–Trinajstić information content (AvgIpc) is 2.45. The van der Waals surface area contributed by atoms with Gasteiger partial charge in [-0.1, -0.05) is 40.0 Å². The van der Waals surface area contributed by atoms with E-state index in [1.165, 1.54) is 57.8 Å². The van der Waals surface area contributed by atoms with E-state index in [9.17, 15) is 0 Å². The van der Waals surface area contributed by atoms with E-state index in [4.69, 9.17) is 0 Å². The van der Waals surface area contributed by atoms with Gasteiger partial charge in [0.1, 0.15) is 0 Å². The molecule has 2 fully saturated rings. The molecule has 0 saturated heterocycles. The summed E-state index contributed by atoms with van der Waals surface area (Å²) in [6, 6.07) is 0. The van der Waals surface area contributed by atoms with Crippen molar-refractivity contribution in [1.82, 2.24) is 0 Å². The SMILES string of the molecule is CC1(C)CCC(CC2(C)CCCCC2)C1. The largest absolute Gasteiger partial charge is 0.0599 e. The van der Waals surface area contributed by atoms with E-state index in [1.807, 2.05) is 0 Å². The van der Waals surface area contributed by atoms with Gasteiger partial charge in [-0.15, -0.1) is 0 Å². The fourth-order valence-electron chi connectivity index (χ4n) is 4.06. The highest BCUT2D eigenvalue weighted by Crippen LogP contribution is 2.49. The Labute approximate surface area is 95.8 Å². The number of rotatable bonds is 2. The molecule has 0 radical (unpaired) electrons. The predicted octanol–water partition coefficient (Wildman–Crippen LogP) is 5.17. The van der Waals surface area contributed by atoms with Crippen LogP contribution in [-0.2, 0) is 0 Å². The van der Waals surface area contributed by atoms with Crippen molar-refractivity contribution in [2.45, 2.75) is 78.6 Å². The summed E-state index contributed by atoms with van der Waals surface area (Å²) in [5.74, 6) is 1.04. The van der Waals surface area contributed by atoms with Gasteiger partial charge < -0.3 is 0 Å². The van der Waals surface area contributed by atoms with Crippen molar-refractivity contribution >= 4 is 0 Å². The van der Waals surface area contributed by atoms with E-state index in [2.05, 4.69) is 20.8 Å². The molecular weight excluding hydrogens is 180 g/mol. The van der Waals surface area contributed by atoms with Crippen LogP contribution in [0.5, 0.6) is 0 Å². The first kappa shape index (κ1) is 11.5. The molecule has 0 aromatic carbocycles. The second-order valence-electron chi connectivity index (χ2n) is 7.35.